The van der Waals surface area contributed by atoms with E-state index in [1.54, 1.807) is 6.07 Å². The molecule has 3 N–H and O–H groups in total. The van der Waals surface area contributed by atoms with Crippen molar-refractivity contribution in [2.75, 3.05) is 6.54 Å². The second-order valence-corrected chi connectivity index (χ2v) is 6.30. The molecule has 1 atom stereocenters. The molecule has 0 radical (unpaired) electrons. The molecule has 0 saturated heterocycles. The van der Waals surface area contributed by atoms with Crippen LogP contribution in [0.15, 0.2) is 54.6 Å². The maximum atomic E-state index is 12.5. The second-order valence-electron chi connectivity index (χ2n) is 5.86. The van der Waals surface area contributed by atoms with Gasteiger partial charge in [0.1, 0.15) is 0 Å². The predicted octanol–water partition coefficient (Wildman–Crippen LogP) is 3.86. The van der Waals surface area contributed by atoms with Crippen molar-refractivity contribution in [3.05, 3.63) is 70.7 Å². The molecule has 23 heavy (non-hydrogen) atoms. The van der Waals surface area contributed by atoms with E-state index in [9.17, 15) is 4.79 Å². The lowest BCUT2D eigenvalue weighted by molar-refractivity contribution is -0.125. The Labute approximate surface area is 148 Å². The van der Waals surface area contributed by atoms with E-state index in [2.05, 4.69) is 5.32 Å². The monoisotopic (exact) mass is 352 g/mol. The average Bonchev–Trinajstić information content (AvgIpc) is 2.53. The Morgan fingerprint density at radius 3 is 2.43 bits per heavy atom. The summed E-state index contributed by atoms with van der Waals surface area (Å²) >= 11 is 6.01. The number of carbonyl (C=O) groups is 1. The quantitative estimate of drug-likeness (QED) is 0.858. The summed E-state index contributed by atoms with van der Waals surface area (Å²) in [6.45, 7) is 4.15. The summed E-state index contributed by atoms with van der Waals surface area (Å²) in [6.07, 6.45) is 0. The van der Waals surface area contributed by atoms with E-state index in [-0.39, 0.29) is 24.4 Å². The lowest BCUT2D eigenvalue weighted by Gasteiger charge is -2.25. The van der Waals surface area contributed by atoms with Crippen molar-refractivity contribution in [3.63, 3.8) is 0 Å². The molecule has 5 heteroatoms. The third-order valence-electron chi connectivity index (χ3n) is 3.82. The normalized spacial score (nSPS) is 12.2. The van der Waals surface area contributed by atoms with Gasteiger partial charge in [0.2, 0.25) is 5.91 Å². The van der Waals surface area contributed by atoms with Gasteiger partial charge in [0.25, 0.3) is 0 Å². The minimum absolute atomic E-state index is 0. The van der Waals surface area contributed by atoms with E-state index in [4.69, 9.17) is 17.3 Å². The molecule has 1 unspecified atom stereocenters. The Kier molecular flexibility index (Phi) is 7.07. The highest BCUT2D eigenvalue weighted by atomic mass is 35.5. The van der Waals surface area contributed by atoms with Gasteiger partial charge in [-0.1, -0.05) is 54.1 Å². The molecule has 0 aromatic heterocycles. The van der Waals surface area contributed by atoms with Crippen LogP contribution in [-0.4, -0.2) is 12.5 Å². The van der Waals surface area contributed by atoms with Crippen molar-refractivity contribution < 1.29 is 4.79 Å². The molecule has 0 saturated carbocycles. The number of nitrogens with two attached hydrogens (primary N) is 1. The fourth-order valence-corrected chi connectivity index (χ4v) is 2.44. The van der Waals surface area contributed by atoms with Crippen molar-refractivity contribution in [3.8, 4) is 0 Å². The smallest absolute Gasteiger partial charge is 0.230 e. The first-order valence-electron chi connectivity index (χ1n) is 7.26. The van der Waals surface area contributed by atoms with Gasteiger partial charge in [-0.2, -0.15) is 0 Å². The first-order valence-corrected chi connectivity index (χ1v) is 7.64. The van der Waals surface area contributed by atoms with Crippen LogP contribution in [0.4, 0.5) is 0 Å². The second kappa shape index (κ2) is 8.34. The summed E-state index contributed by atoms with van der Waals surface area (Å²) < 4.78 is 0. The van der Waals surface area contributed by atoms with Gasteiger partial charge in [0.15, 0.2) is 0 Å². The van der Waals surface area contributed by atoms with E-state index in [1.165, 1.54) is 0 Å². The standard InChI is InChI=1S/C18H21ClN2O.ClH/c1-18(2,14-9-6-10-15(19)11-14)17(22)21-12-16(20)13-7-4-3-5-8-13;/h3-11,16H,12,20H2,1-2H3,(H,21,22);1H. The van der Waals surface area contributed by atoms with Gasteiger partial charge in [0, 0.05) is 17.6 Å². The first kappa shape index (κ1) is 19.5. The van der Waals surface area contributed by atoms with Gasteiger partial charge in [-0.25, -0.2) is 0 Å². The molecule has 2 aromatic rings. The molecule has 0 aliphatic rings. The van der Waals surface area contributed by atoms with Crippen LogP contribution in [0.5, 0.6) is 0 Å². The number of hydrogen-bond donors (Lipinski definition) is 2. The zero-order valence-corrected chi connectivity index (χ0v) is 14.8. The number of hydrogen-bond acceptors (Lipinski definition) is 2. The third kappa shape index (κ3) is 4.96. The lowest BCUT2D eigenvalue weighted by Crippen LogP contribution is -2.42. The summed E-state index contributed by atoms with van der Waals surface area (Å²) in [5, 5.41) is 3.56. The molecule has 0 spiro atoms. The maximum Gasteiger partial charge on any atom is 0.230 e. The van der Waals surface area contributed by atoms with Crippen LogP contribution in [0, 0.1) is 0 Å². The largest absolute Gasteiger partial charge is 0.353 e. The van der Waals surface area contributed by atoms with Gasteiger partial charge in [0.05, 0.1) is 5.41 Å². The van der Waals surface area contributed by atoms with E-state index >= 15 is 0 Å². The van der Waals surface area contributed by atoms with E-state index < -0.39 is 5.41 Å². The molecular weight excluding hydrogens is 331 g/mol. The molecule has 1 amide bonds. The molecule has 3 nitrogen and oxygen atoms in total. The number of rotatable bonds is 5. The highest BCUT2D eigenvalue weighted by molar-refractivity contribution is 6.30. The highest BCUT2D eigenvalue weighted by Gasteiger charge is 2.30. The molecule has 0 bridgehead atoms. The minimum atomic E-state index is -0.665. The van der Waals surface area contributed by atoms with E-state index in [0.717, 1.165) is 11.1 Å². The van der Waals surface area contributed by atoms with Crippen LogP contribution in [0.2, 0.25) is 5.02 Å². The minimum Gasteiger partial charge on any atom is -0.353 e. The fourth-order valence-electron chi connectivity index (χ4n) is 2.25. The molecule has 0 fully saturated rings. The Balaban J connectivity index is 0.00000264. The maximum absolute atomic E-state index is 12.5. The number of benzene rings is 2. The zero-order valence-electron chi connectivity index (χ0n) is 13.3. The SMILES string of the molecule is CC(C)(C(=O)NCC(N)c1ccccc1)c1cccc(Cl)c1.Cl. The van der Waals surface area contributed by atoms with Crippen molar-refractivity contribution in [1.82, 2.24) is 5.32 Å². The summed E-state index contributed by atoms with van der Waals surface area (Å²) in [5.41, 5.74) is 7.33. The average molecular weight is 353 g/mol. The summed E-state index contributed by atoms with van der Waals surface area (Å²) in [4.78, 5) is 12.5. The fraction of sp³-hybridized carbons (Fsp3) is 0.278. The van der Waals surface area contributed by atoms with E-state index in [1.807, 2.05) is 62.4 Å². The molecule has 0 heterocycles. The molecule has 0 aliphatic carbocycles. The van der Waals surface area contributed by atoms with Crippen molar-refractivity contribution in [2.24, 2.45) is 5.73 Å². The van der Waals surface area contributed by atoms with Gasteiger partial charge >= 0.3 is 0 Å². The van der Waals surface area contributed by atoms with Gasteiger partial charge < -0.3 is 11.1 Å². The summed E-state index contributed by atoms with van der Waals surface area (Å²) in [5.74, 6) is -0.0684. The Morgan fingerprint density at radius 2 is 1.83 bits per heavy atom. The Hall–Kier alpha value is -1.55. The number of amides is 1. The van der Waals surface area contributed by atoms with Crippen molar-refractivity contribution in [1.29, 1.82) is 0 Å². The van der Waals surface area contributed by atoms with Gasteiger partial charge in [-0.3, -0.25) is 4.79 Å². The van der Waals surface area contributed by atoms with Gasteiger partial charge in [-0.15, -0.1) is 12.4 Å². The topological polar surface area (TPSA) is 55.1 Å². The first-order chi connectivity index (χ1) is 10.4. The van der Waals surface area contributed by atoms with Crippen molar-refractivity contribution in [2.45, 2.75) is 25.3 Å². The van der Waals surface area contributed by atoms with Crippen LogP contribution < -0.4 is 11.1 Å². The Bertz CT molecular complexity index is 644. The predicted molar refractivity (Wildman–Crippen MR) is 98.1 cm³/mol. The number of carbonyl (C=O) groups excluding carboxylic acids is 1. The van der Waals surface area contributed by atoms with Crippen LogP contribution in [0.25, 0.3) is 0 Å². The highest BCUT2D eigenvalue weighted by Crippen LogP contribution is 2.26. The lowest BCUT2D eigenvalue weighted by atomic mass is 9.83. The molecule has 0 aliphatic heterocycles. The molecule has 124 valence electrons. The van der Waals surface area contributed by atoms with Crippen LogP contribution in [-0.2, 0) is 10.2 Å². The molecule has 2 aromatic carbocycles. The zero-order chi connectivity index (χ0) is 16.2. The van der Waals surface area contributed by atoms with Crippen molar-refractivity contribution >= 4 is 29.9 Å². The molecule has 2 rings (SSSR count). The van der Waals surface area contributed by atoms with E-state index in [0.29, 0.717) is 11.6 Å². The number of halogens is 2. The Morgan fingerprint density at radius 1 is 1.17 bits per heavy atom. The molecular formula is C18H22Cl2N2O. The van der Waals surface area contributed by atoms with Gasteiger partial charge in [-0.05, 0) is 37.1 Å². The van der Waals surface area contributed by atoms with Crippen LogP contribution >= 0.6 is 24.0 Å². The third-order valence-corrected chi connectivity index (χ3v) is 4.06. The summed E-state index contributed by atoms with van der Waals surface area (Å²) in [7, 11) is 0. The number of nitrogens with one attached hydrogen (secondary N) is 1. The van der Waals surface area contributed by atoms with Crippen LogP contribution in [0.3, 0.4) is 0 Å². The van der Waals surface area contributed by atoms with Crippen LogP contribution in [0.1, 0.15) is 31.0 Å². The summed E-state index contributed by atoms with van der Waals surface area (Å²) in [6, 6.07) is 16.9.